The predicted molar refractivity (Wildman–Crippen MR) is 91.3 cm³/mol. The Kier molecular flexibility index (Phi) is 3.73. The minimum absolute atomic E-state index is 0.329. The van der Waals surface area contributed by atoms with Crippen LogP contribution in [0.3, 0.4) is 0 Å². The Hall–Kier alpha value is -2.45. The van der Waals surface area contributed by atoms with E-state index in [1.807, 2.05) is 38.1 Å². The number of sulfonamides is 1. The molecule has 1 atom stereocenters. The second kappa shape index (κ2) is 5.82. The minimum atomic E-state index is -3.57. The Labute approximate surface area is 145 Å². The molecule has 2 aromatic heterocycles. The van der Waals surface area contributed by atoms with Crippen LogP contribution in [0.5, 0.6) is 0 Å². The van der Waals surface area contributed by atoms with Crippen molar-refractivity contribution in [2.75, 3.05) is 0 Å². The molecule has 3 aromatic rings. The third-order valence-corrected chi connectivity index (χ3v) is 5.83. The zero-order chi connectivity index (χ0) is 17.6. The summed E-state index contributed by atoms with van der Waals surface area (Å²) in [6, 6.07) is 10.2. The average Bonchev–Trinajstić information content (AvgIpc) is 3.20. The largest absolute Gasteiger partial charge is 0.458 e. The molecule has 0 radical (unpaired) electrons. The van der Waals surface area contributed by atoms with Gasteiger partial charge in [-0.25, -0.2) is 22.8 Å². The van der Waals surface area contributed by atoms with Crippen LogP contribution in [-0.4, -0.2) is 23.2 Å². The first-order valence-electron chi connectivity index (χ1n) is 8.09. The molecule has 3 heterocycles. The smallest absolute Gasteiger partial charge is 0.241 e. The maximum atomic E-state index is 12.5. The highest BCUT2D eigenvalue weighted by Gasteiger charge is 2.33. The molecule has 0 bridgehead atoms. The zero-order valence-electron chi connectivity index (χ0n) is 13.9. The topological polar surface area (TPSA) is 90.0 Å². The van der Waals surface area contributed by atoms with E-state index in [1.54, 1.807) is 16.8 Å². The standard InChI is InChI=1S/C17H18N4O3S/c1-3-21-17(18-16(19-21)14-9-8-11(2)24-14)13-10-12-6-4-5-7-15(12)25(22,23)20-13/h4-9,13,20H,3,10H2,1-2H3. The van der Waals surface area contributed by atoms with Crippen molar-refractivity contribution >= 4 is 10.0 Å². The molecule has 25 heavy (non-hydrogen) atoms. The molecule has 130 valence electrons. The molecule has 4 rings (SSSR count). The second-order valence-electron chi connectivity index (χ2n) is 6.01. The van der Waals surface area contributed by atoms with Crippen molar-refractivity contribution in [3.8, 4) is 11.6 Å². The number of fused-ring (bicyclic) bond motifs is 1. The van der Waals surface area contributed by atoms with Gasteiger partial charge in [-0.05, 0) is 44.0 Å². The van der Waals surface area contributed by atoms with Crippen LogP contribution in [0.1, 0.15) is 30.1 Å². The summed E-state index contributed by atoms with van der Waals surface area (Å²) in [7, 11) is -3.57. The number of hydrogen-bond donors (Lipinski definition) is 1. The van der Waals surface area contributed by atoms with Gasteiger partial charge in [-0.1, -0.05) is 18.2 Å². The Morgan fingerprint density at radius 3 is 2.80 bits per heavy atom. The van der Waals surface area contributed by atoms with Gasteiger partial charge in [0.1, 0.15) is 11.6 Å². The highest BCUT2D eigenvalue weighted by Crippen LogP contribution is 2.30. The molecule has 8 heteroatoms. The van der Waals surface area contributed by atoms with Crippen molar-refractivity contribution in [1.82, 2.24) is 19.5 Å². The molecule has 0 spiro atoms. The van der Waals surface area contributed by atoms with Crippen molar-refractivity contribution in [3.63, 3.8) is 0 Å². The SMILES string of the molecule is CCn1nc(-c2ccc(C)o2)nc1C1Cc2ccccc2S(=O)(=O)N1. The molecule has 0 aliphatic carbocycles. The summed E-state index contributed by atoms with van der Waals surface area (Å²) in [5.41, 5.74) is 0.785. The van der Waals surface area contributed by atoms with Crippen molar-refractivity contribution < 1.29 is 12.8 Å². The van der Waals surface area contributed by atoms with Crippen molar-refractivity contribution in [2.24, 2.45) is 0 Å². The lowest BCUT2D eigenvalue weighted by atomic mass is 10.1. The molecular weight excluding hydrogens is 340 g/mol. The molecule has 1 N–H and O–H groups in total. The van der Waals surface area contributed by atoms with Crippen molar-refractivity contribution in [3.05, 3.63) is 53.5 Å². The van der Waals surface area contributed by atoms with Gasteiger partial charge in [-0.2, -0.15) is 0 Å². The van der Waals surface area contributed by atoms with Crippen LogP contribution >= 0.6 is 0 Å². The van der Waals surface area contributed by atoms with Crippen molar-refractivity contribution in [2.45, 2.75) is 37.8 Å². The van der Waals surface area contributed by atoms with Gasteiger partial charge in [0.05, 0.1) is 10.9 Å². The van der Waals surface area contributed by atoms with E-state index >= 15 is 0 Å². The van der Waals surface area contributed by atoms with Gasteiger partial charge in [0.2, 0.25) is 15.8 Å². The molecule has 1 aliphatic rings. The number of aromatic nitrogens is 3. The predicted octanol–water partition coefficient (Wildman–Crippen LogP) is 2.44. The number of nitrogens with one attached hydrogen (secondary N) is 1. The molecule has 1 aliphatic heterocycles. The summed E-state index contributed by atoms with van der Waals surface area (Å²) in [5.74, 6) is 2.40. The van der Waals surface area contributed by atoms with Crippen LogP contribution < -0.4 is 4.72 Å². The van der Waals surface area contributed by atoms with Crippen molar-refractivity contribution in [1.29, 1.82) is 0 Å². The van der Waals surface area contributed by atoms with Gasteiger partial charge in [-0.3, -0.25) is 0 Å². The van der Waals surface area contributed by atoms with Crippen LogP contribution in [0.2, 0.25) is 0 Å². The Morgan fingerprint density at radius 1 is 1.28 bits per heavy atom. The van der Waals surface area contributed by atoms with E-state index < -0.39 is 16.1 Å². The first kappa shape index (κ1) is 16.0. The summed E-state index contributed by atoms with van der Waals surface area (Å²) >= 11 is 0. The van der Waals surface area contributed by atoms with Crippen LogP contribution in [-0.2, 0) is 23.0 Å². The van der Waals surface area contributed by atoms with E-state index in [1.165, 1.54) is 0 Å². The fourth-order valence-corrected chi connectivity index (χ4v) is 4.54. The Bertz CT molecular complexity index is 1040. The van der Waals surface area contributed by atoms with Crippen LogP contribution in [0.25, 0.3) is 11.6 Å². The molecule has 0 fully saturated rings. The summed E-state index contributed by atoms with van der Waals surface area (Å²) in [5, 5.41) is 4.47. The van der Waals surface area contributed by atoms with E-state index in [0.717, 1.165) is 11.3 Å². The fraction of sp³-hybridized carbons (Fsp3) is 0.294. The Balaban J connectivity index is 1.77. The molecule has 1 aromatic carbocycles. The summed E-state index contributed by atoms with van der Waals surface area (Å²) in [4.78, 5) is 4.89. The highest BCUT2D eigenvalue weighted by molar-refractivity contribution is 7.89. The zero-order valence-corrected chi connectivity index (χ0v) is 14.7. The summed E-state index contributed by atoms with van der Waals surface area (Å²) in [6.45, 7) is 4.38. The molecule has 7 nitrogen and oxygen atoms in total. The molecule has 0 saturated heterocycles. The lowest BCUT2D eigenvalue weighted by Gasteiger charge is -2.25. The fourth-order valence-electron chi connectivity index (χ4n) is 3.09. The quantitative estimate of drug-likeness (QED) is 0.777. The van der Waals surface area contributed by atoms with Gasteiger partial charge >= 0.3 is 0 Å². The maximum absolute atomic E-state index is 12.5. The van der Waals surface area contributed by atoms with E-state index in [2.05, 4.69) is 14.8 Å². The van der Waals surface area contributed by atoms with Gasteiger partial charge in [0.15, 0.2) is 5.76 Å². The van der Waals surface area contributed by atoms with E-state index in [-0.39, 0.29) is 0 Å². The van der Waals surface area contributed by atoms with Crippen LogP contribution in [0.4, 0.5) is 0 Å². The summed E-state index contributed by atoms with van der Waals surface area (Å²) < 4.78 is 35.1. The van der Waals surface area contributed by atoms with Gasteiger partial charge in [0, 0.05) is 6.54 Å². The molecule has 0 saturated carbocycles. The molecule has 0 amide bonds. The number of hydrogen-bond acceptors (Lipinski definition) is 5. The lowest BCUT2D eigenvalue weighted by Crippen LogP contribution is -2.36. The van der Waals surface area contributed by atoms with Gasteiger partial charge < -0.3 is 4.42 Å². The van der Waals surface area contributed by atoms with E-state index in [4.69, 9.17) is 4.42 Å². The highest BCUT2D eigenvalue weighted by atomic mass is 32.2. The number of aryl methyl sites for hydroxylation is 2. The van der Waals surface area contributed by atoms with E-state index in [0.29, 0.717) is 35.3 Å². The number of benzene rings is 1. The molecule has 1 unspecified atom stereocenters. The van der Waals surface area contributed by atoms with Crippen LogP contribution in [0, 0.1) is 6.92 Å². The first-order valence-corrected chi connectivity index (χ1v) is 9.58. The van der Waals surface area contributed by atoms with Gasteiger partial charge in [-0.15, -0.1) is 5.10 Å². The first-order chi connectivity index (χ1) is 12.0. The van der Waals surface area contributed by atoms with E-state index in [9.17, 15) is 8.42 Å². The molecular formula is C17H18N4O3S. The Morgan fingerprint density at radius 2 is 2.08 bits per heavy atom. The lowest BCUT2D eigenvalue weighted by molar-refractivity contribution is 0.494. The third-order valence-electron chi connectivity index (χ3n) is 4.26. The van der Waals surface area contributed by atoms with Crippen LogP contribution in [0.15, 0.2) is 45.7 Å². The minimum Gasteiger partial charge on any atom is -0.458 e. The van der Waals surface area contributed by atoms with Gasteiger partial charge in [0.25, 0.3) is 0 Å². The monoisotopic (exact) mass is 358 g/mol. The third kappa shape index (κ3) is 2.77. The average molecular weight is 358 g/mol. The maximum Gasteiger partial charge on any atom is 0.241 e. The summed E-state index contributed by atoms with van der Waals surface area (Å²) in [6.07, 6.45) is 0.532. The number of nitrogens with zero attached hydrogens (tertiary/aromatic N) is 3. The number of furan rings is 1. The second-order valence-corrected chi connectivity index (χ2v) is 7.69. The number of rotatable bonds is 3. The normalized spacial score (nSPS) is 18.9.